The first-order chi connectivity index (χ1) is 14.5. The van der Waals surface area contributed by atoms with Crippen LogP contribution < -0.4 is 19.7 Å². The first-order valence-corrected chi connectivity index (χ1v) is 10.3. The maximum Gasteiger partial charge on any atom is 0.255 e. The summed E-state index contributed by atoms with van der Waals surface area (Å²) >= 11 is 0. The van der Waals surface area contributed by atoms with Gasteiger partial charge in [-0.1, -0.05) is 6.92 Å². The van der Waals surface area contributed by atoms with Gasteiger partial charge in [0, 0.05) is 43.5 Å². The molecular weight excluding hydrogens is 385 g/mol. The van der Waals surface area contributed by atoms with Crippen molar-refractivity contribution < 1.29 is 18.7 Å². The highest BCUT2D eigenvalue weighted by Crippen LogP contribution is 2.30. The van der Waals surface area contributed by atoms with E-state index in [9.17, 15) is 9.18 Å². The van der Waals surface area contributed by atoms with Crippen molar-refractivity contribution >= 4 is 11.6 Å². The Morgan fingerprint density at radius 1 is 1.10 bits per heavy atom. The van der Waals surface area contributed by atoms with Crippen molar-refractivity contribution in [3.63, 3.8) is 0 Å². The summed E-state index contributed by atoms with van der Waals surface area (Å²) in [5.74, 6) is 0.432. The standard InChI is InChI=1S/C23H30FN3O3/c1-5-26-10-12-27(13-11-26)21-9-6-17(24)14-20(21)16(2)25-23(28)19-8-7-18(29-3)15-22(19)30-4/h6-9,14-16H,5,10-13H2,1-4H3,(H,25,28). The number of anilines is 1. The molecule has 1 N–H and O–H groups in total. The number of piperazine rings is 1. The molecule has 0 aromatic heterocycles. The molecular formula is C23H30FN3O3. The van der Waals surface area contributed by atoms with Crippen LogP contribution >= 0.6 is 0 Å². The Balaban J connectivity index is 1.81. The van der Waals surface area contributed by atoms with E-state index in [1.165, 1.54) is 19.2 Å². The molecule has 0 radical (unpaired) electrons. The number of nitrogens with zero attached hydrogens (tertiary/aromatic N) is 2. The second-order valence-electron chi connectivity index (χ2n) is 7.39. The predicted octanol–water partition coefficient (Wildman–Crippen LogP) is 3.48. The van der Waals surface area contributed by atoms with Crippen molar-refractivity contribution in [1.29, 1.82) is 0 Å². The molecule has 1 fully saturated rings. The molecule has 2 aromatic carbocycles. The Morgan fingerprint density at radius 3 is 2.47 bits per heavy atom. The number of nitrogens with one attached hydrogen (secondary N) is 1. The van der Waals surface area contributed by atoms with E-state index in [-0.39, 0.29) is 17.8 Å². The topological polar surface area (TPSA) is 54.0 Å². The van der Waals surface area contributed by atoms with Gasteiger partial charge in [0.05, 0.1) is 25.8 Å². The molecule has 0 saturated carbocycles. The molecule has 1 aliphatic heterocycles. The zero-order valence-electron chi connectivity index (χ0n) is 18.1. The first-order valence-electron chi connectivity index (χ1n) is 10.3. The Labute approximate surface area is 177 Å². The minimum Gasteiger partial charge on any atom is -0.497 e. The number of rotatable bonds is 7. The fraction of sp³-hybridized carbons (Fsp3) is 0.435. The van der Waals surface area contributed by atoms with Gasteiger partial charge < -0.3 is 24.6 Å². The van der Waals surface area contributed by atoms with Gasteiger partial charge in [0.1, 0.15) is 17.3 Å². The molecule has 0 bridgehead atoms. The number of hydrogen-bond donors (Lipinski definition) is 1. The van der Waals surface area contributed by atoms with Gasteiger partial charge in [0.15, 0.2) is 0 Å². The maximum absolute atomic E-state index is 14.1. The van der Waals surface area contributed by atoms with Crippen LogP contribution in [-0.4, -0.2) is 57.8 Å². The lowest BCUT2D eigenvalue weighted by Gasteiger charge is -2.37. The van der Waals surface area contributed by atoms with Gasteiger partial charge in [-0.25, -0.2) is 4.39 Å². The summed E-state index contributed by atoms with van der Waals surface area (Å²) in [7, 11) is 3.07. The Kier molecular flexibility index (Phi) is 7.15. The average Bonchev–Trinajstić information content (AvgIpc) is 2.78. The lowest BCUT2D eigenvalue weighted by Crippen LogP contribution is -2.46. The molecule has 1 aliphatic rings. The highest BCUT2D eigenvalue weighted by Gasteiger charge is 2.23. The summed E-state index contributed by atoms with van der Waals surface area (Å²) in [6, 6.07) is 9.46. The second-order valence-corrected chi connectivity index (χ2v) is 7.39. The molecule has 162 valence electrons. The number of amides is 1. The number of hydrogen-bond acceptors (Lipinski definition) is 5. The van der Waals surface area contributed by atoms with Crippen molar-refractivity contribution in [3.8, 4) is 11.5 Å². The third-order valence-electron chi connectivity index (χ3n) is 5.62. The van der Waals surface area contributed by atoms with Crippen LogP contribution in [-0.2, 0) is 0 Å². The summed E-state index contributed by atoms with van der Waals surface area (Å²) in [6.07, 6.45) is 0. The van der Waals surface area contributed by atoms with Crippen molar-refractivity contribution in [2.24, 2.45) is 0 Å². The van der Waals surface area contributed by atoms with E-state index < -0.39 is 0 Å². The van der Waals surface area contributed by atoms with Gasteiger partial charge in [-0.2, -0.15) is 0 Å². The largest absolute Gasteiger partial charge is 0.497 e. The van der Waals surface area contributed by atoms with Crippen LogP contribution in [0.4, 0.5) is 10.1 Å². The van der Waals surface area contributed by atoms with E-state index in [1.807, 2.05) is 13.0 Å². The highest BCUT2D eigenvalue weighted by molar-refractivity contribution is 5.97. The Morgan fingerprint density at radius 2 is 1.83 bits per heavy atom. The molecule has 2 aromatic rings. The van der Waals surface area contributed by atoms with Crippen LogP contribution in [0.15, 0.2) is 36.4 Å². The van der Waals surface area contributed by atoms with E-state index in [0.717, 1.165) is 44.0 Å². The monoisotopic (exact) mass is 415 g/mol. The zero-order chi connectivity index (χ0) is 21.7. The molecule has 7 heteroatoms. The van der Waals surface area contributed by atoms with Crippen LogP contribution in [0.2, 0.25) is 0 Å². The molecule has 0 spiro atoms. The van der Waals surface area contributed by atoms with E-state index in [4.69, 9.17) is 9.47 Å². The van der Waals surface area contributed by atoms with Gasteiger partial charge in [-0.3, -0.25) is 4.79 Å². The molecule has 1 saturated heterocycles. The molecule has 1 amide bonds. The first kappa shape index (κ1) is 21.9. The van der Waals surface area contributed by atoms with Crippen molar-refractivity contribution in [1.82, 2.24) is 10.2 Å². The van der Waals surface area contributed by atoms with Crippen LogP contribution in [0.25, 0.3) is 0 Å². The van der Waals surface area contributed by atoms with Crippen molar-refractivity contribution in [2.45, 2.75) is 19.9 Å². The second kappa shape index (κ2) is 9.80. The fourth-order valence-corrected chi connectivity index (χ4v) is 3.80. The van der Waals surface area contributed by atoms with Gasteiger partial charge >= 0.3 is 0 Å². The van der Waals surface area contributed by atoms with Gasteiger partial charge in [-0.05, 0) is 43.8 Å². The Hall–Kier alpha value is -2.80. The average molecular weight is 416 g/mol. The minimum atomic E-state index is -0.376. The Bertz CT molecular complexity index is 882. The quantitative estimate of drug-likeness (QED) is 0.751. The van der Waals surface area contributed by atoms with E-state index in [2.05, 4.69) is 22.0 Å². The van der Waals surface area contributed by atoms with Crippen LogP contribution in [0.1, 0.15) is 35.8 Å². The summed E-state index contributed by atoms with van der Waals surface area (Å²) in [4.78, 5) is 17.6. The maximum atomic E-state index is 14.1. The molecule has 1 heterocycles. The van der Waals surface area contributed by atoms with Crippen LogP contribution in [0.5, 0.6) is 11.5 Å². The van der Waals surface area contributed by atoms with Gasteiger partial charge in [0.25, 0.3) is 5.91 Å². The third-order valence-corrected chi connectivity index (χ3v) is 5.62. The smallest absolute Gasteiger partial charge is 0.255 e. The molecule has 6 nitrogen and oxygen atoms in total. The van der Waals surface area contributed by atoms with Gasteiger partial charge in [-0.15, -0.1) is 0 Å². The lowest BCUT2D eigenvalue weighted by atomic mass is 10.0. The molecule has 0 aliphatic carbocycles. The van der Waals surface area contributed by atoms with E-state index >= 15 is 0 Å². The zero-order valence-corrected chi connectivity index (χ0v) is 18.1. The summed E-state index contributed by atoms with van der Waals surface area (Å²) in [5.41, 5.74) is 2.13. The van der Waals surface area contributed by atoms with E-state index in [1.54, 1.807) is 25.3 Å². The summed E-state index contributed by atoms with van der Waals surface area (Å²) < 4.78 is 24.6. The number of carbonyl (C=O) groups is 1. The normalized spacial score (nSPS) is 15.6. The highest BCUT2D eigenvalue weighted by atomic mass is 19.1. The van der Waals surface area contributed by atoms with Crippen LogP contribution in [0.3, 0.4) is 0 Å². The lowest BCUT2D eigenvalue weighted by molar-refractivity contribution is 0.0936. The van der Waals surface area contributed by atoms with E-state index in [0.29, 0.717) is 17.1 Å². The minimum absolute atomic E-state index is 0.284. The number of carbonyl (C=O) groups excluding carboxylic acids is 1. The summed E-state index contributed by atoms with van der Waals surface area (Å²) in [6.45, 7) is 8.74. The fourth-order valence-electron chi connectivity index (χ4n) is 3.80. The number of halogens is 1. The number of ether oxygens (including phenoxy) is 2. The predicted molar refractivity (Wildman–Crippen MR) is 116 cm³/mol. The number of methoxy groups -OCH3 is 2. The number of likely N-dealkylation sites (N-methyl/N-ethyl adjacent to an activating group) is 1. The molecule has 1 atom stereocenters. The van der Waals surface area contributed by atoms with Crippen molar-refractivity contribution in [3.05, 3.63) is 53.3 Å². The molecule has 30 heavy (non-hydrogen) atoms. The van der Waals surface area contributed by atoms with Gasteiger partial charge in [0.2, 0.25) is 0 Å². The third kappa shape index (κ3) is 4.84. The SMILES string of the molecule is CCN1CCN(c2ccc(F)cc2C(C)NC(=O)c2ccc(OC)cc2OC)CC1. The molecule has 1 unspecified atom stereocenters. The van der Waals surface area contributed by atoms with Crippen molar-refractivity contribution in [2.75, 3.05) is 51.8 Å². The number of benzene rings is 2. The van der Waals surface area contributed by atoms with Crippen LogP contribution in [0, 0.1) is 5.82 Å². The molecule has 3 rings (SSSR count). The summed E-state index contributed by atoms with van der Waals surface area (Å²) in [5, 5.41) is 2.99.